The number of methoxy groups -OCH3 is 1. The van der Waals surface area contributed by atoms with E-state index in [0.717, 1.165) is 0 Å². The van der Waals surface area contributed by atoms with Gasteiger partial charge in [-0.25, -0.2) is 0 Å². The molecule has 1 aliphatic heterocycles. The van der Waals surface area contributed by atoms with Crippen LogP contribution < -0.4 is 4.74 Å². The number of alkyl halides is 3. The number of hydrogen-bond acceptors (Lipinski definition) is 3. The second-order valence-corrected chi connectivity index (χ2v) is 5.01. The lowest BCUT2D eigenvalue weighted by Crippen LogP contribution is -2.25. The number of halogens is 4. The van der Waals surface area contributed by atoms with E-state index < -0.39 is 12.3 Å². The van der Waals surface area contributed by atoms with Gasteiger partial charge >= 0.3 is 6.18 Å². The van der Waals surface area contributed by atoms with Crippen LogP contribution in [-0.2, 0) is 9.47 Å². The first-order valence-corrected chi connectivity index (χ1v) is 6.34. The maximum atomic E-state index is 13.1. The van der Waals surface area contributed by atoms with Crippen molar-refractivity contribution in [3.63, 3.8) is 0 Å². The van der Waals surface area contributed by atoms with Crippen molar-refractivity contribution >= 4 is 15.9 Å². The zero-order valence-corrected chi connectivity index (χ0v) is 11.6. The Bertz CT molecular complexity index is 446. The van der Waals surface area contributed by atoms with E-state index >= 15 is 0 Å². The average Bonchev–Trinajstić information content (AvgIpc) is 3.12. The lowest BCUT2D eigenvalue weighted by molar-refractivity contribution is -0.225. The Morgan fingerprint density at radius 3 is 2.68 bits per heavy atom. The Labute approximate surface area is 116 Å². The molecule has 0 aliphatic carbocycles. The van der Waals surface area contributed by atoms with E-state index in [9.17, 15) is 13.2 Å². The third-order valence-electron chi connectivity index (χ3n) is 2.62. The summed E-state index contributed by atoms with van der Waals surface area (Å²) in [5.41, 5.74) is -0.0509. The van der Waals surface area contributed by atoms with Crippen LogP contribution in [-0.4, -0.2) is 32.6 Å². The molecule has 0 radical (unpaired) electrons. The molecule has 0 spiro atoms. The summed E-state index contributed by atoms with van der Waals surface area (Å²) in [6, 6.07) is 4.43. The molecule has 1 aromatic carbocycles. The standard InChI is InChI=1S/C12H12BrF3O3/c1-17-10-3-2-7(13)4-9(10)11(12(14,15)16)19-6-8-5-18-8/h2-4,8,11H,5-6H2,1H3/t8-,11-/m1/s1. The third kappa shape index (κ3) is 3.84. The van der Waals surface area contributed by atoms with Gasteiger partial charge in [0.1, 0.15) is 11.9 Å². The molecule has 1 aliphatic rings. The zero-order chi connectivity index (χ0) is 14.0. The Kier molecular flexibility index (Phi) is 4.37. The van der Waals surface area contributed by atoms with Gasteiger partial charge in [0.2, 0.25) is 0 Å². The van der Waals surface area contributed by atoms with Crippen LogP contribution in [0.5, 0.6) is 5.75 Å². The molecule has 0 amide bonds. The van der Waals surface area contributed by atoms with Crippen molar-refractivity contribution in [2.24, 2.45) is 0 Å². The van der Waals surface area contributed by atoms with Crippen molar-refractivity contribution in [3.8, 4) is 5.75 Å². The number of hydrogen-bond donors (Lipinski definition) is 0. The highest BCUT2D eigenvalue weighted by molar-refractivity contribution is 9.10. The Hall–Kier alpha value is -0.790. The number of ether oxygens (including phenoxy) is 3. The quantitative estimate of drug-likeness (QED) is 0.769. The fourth-order valence-electron chi connectivity index (χ4n) is 1.64. The average molecular weight is 341 g/mol. The molecule has 1 fully saturated rings. The summed E-state index contributed by atoms with van der Waals surface area (Å²) < 4.78 is 54.6. The largest absolute Gasteiger partial charge is 0.496 e. The Morgan fingerprint density at radius 2 is 2.16 bits per heavy atom. The predicted molar refractivity (Wildman–Crippen MR) is 65.2 cm³/mol. The second kappa shape index (κ2) is 5.68. The number of epoxide rings is 1. The highest BCUT2D eigenvalue weighted by Gasteiger charge is 2.44. The van der Waals surface area contributed by atoms with Crippen LogP contribution in [0.25, 0.3) is 0 Å². The smallest absolute Gasteiger partial charge is 0.418 e. The first-order chi connectivity index (χ1) is 8.91. The van der Waals surface area contributed by atoms with E-state index in [0.29, 0.717) is 11.1 Å². The molecule has 7 heteroatoms. The first kappa shape index (κ1) is 14.6. The Balaban J connectivity index is 2.27. The summed E-state index contributed by atoms with van der Waals surface area (Å²) in [5, 5.41) is 0. The van der Waals surface area contributed by atoms with Crippen LogP contribution in [0, 0.1) is 0 Å². The van der Waals surface area contributed by atoms with Gasteiger partial charge < -0.3 is 14.2 Å². The summed E-state index contributed by atoms with van der Waals surface area (Å²) in [7, 11) is 1.32. The molecule has 0 bridgehead atoms. The summed E-state index contributed by atoms with van der Waals surface area (Å²) in [5.74, 6) is 0.141. The number of rotatable bonds is 5. The second-order valence-electron chi connectivity index (χ2n) is 4.10. The highest BCUT2D eigenvalue weighted by Crippen LogP contribution is 2.41. The van der Waals surface area contributed by atoms with E-state index in [4.69, 9.17) is 14.2 Å². The van der Waals surface area contributed by atoms with Crippen molar-refractivity contribution in [2.45, 2.75) is 18.4 Å². The van der Waals surface area contributed by atoms with Crippen molar-refractivity contribution < 1.29 is 27.4 Å². The Morgan fingerprint density at radius 1 is 1.47 bits per heavy atom. The van der Waals surface area contributed by atoms with Crippen molar-refractivity contribution in [3.05, 3.63) is 28.2 Å². The first-order valence-electron chi connectivity index (χ1n) is 5.55. The monoisotopic (exact) mass is 340 g/mol. The molecule has 0 aromatic heterocycles. The van der Waals surface area contributed by atoms with E-state index in [1.54, 1.807) is 6.07 Å². The van der Waals surface area contributed by atoms with Crippen LogP contribution in [0.2, 0.25) is 0 Å². The third-order valence-corrected chi connectivity index (χ3v) is 3.12. The van der Waals surface area contributed by atoms with Crippen LogP contribution in [0.3, 0.4) is 0 Å². The molecule has 1 saturated heterocycles. The van der Waals surface area contributed by atoms with Crippen LogP contribution in [0.15, 0.2) is 22.7 Å². The number of benzene rings is 1. The molecule has 2 rings (SSSR count). The molecule has 19 heavy (non-hydrogen) atoms. The summed E-state index contributed by atoms with van der Waals surface area (Å²) >= 11 is 3.15. The van der Waals surface area contributed by atoms with E-state index in [2.05, 4.69) is 15.9 Å². The van der Waals surface area contributed by atoms with E-state index in [1.807, 2.05) is 0 Å². The van der Waals surface area contributed by atoms with Crippen molar-refractivity contribution in [1.29, 1.82) is 0 Å². The zero-order valence-electron chi connectivity index (χ0n) is 10.0. The molecule has 0 N–H and O–H groups in total. The van der Waals surface area contributed by atoms with Gasteiger partial charge in [-0.3, -0.25) is 0 Å². The maximum Gasteiger partial charge on any atom is 0.418 e. The summed E-state index contributed by atoms with van der Waals surface area (Å²) in [6.07, 6.45) is -6.77. The lowest BCUT2D eigenvalue weighted by Gasteiger charge is -2.23. The highest BCUT2D eigenvalue weighted by atomic mass is 79.9. The minimum atomic E-state index is -4.51. The van der Waals surface area contributed by atoms with Crippen molar-refractivity contribution in [1.82, 2.24) is 0 Å². The fourth-order valence-corrected chi connectivity index (χ4v) is 2.02. The minimum absolute atomic E-state index is 0.0509. The van der Waals surface area contributed by atoms with Gasteiger partial charge in [-0.1, -0.05) is 15.9 Å². The molecular formula is C12H12BrF3O3. The van der Waals surface area contributed by atoms with Gasteiger partial charge in [-0.15, -0.1) is 0 Å². The molecule has 2 atom stereocenters. The molecule has 0 saturated carbocycles. The molecule has 1 heterocycles. The van der Waals surface area contributed by atoms with Gasteiger partial charge in [0.25, 0.3) is 0 Å². The SMILES string of the molecule is COc1ccc(Br)cc1[C@@H](OC[C@H]1CO1)C(F)(F)F. The van der Waals surface area contributed by atoms with Gasteiger partial charge in [0.15, 0.2) is 6.10 Å². The summed E-state index contributed by atoms with van der Waals surface area (Å²) in [4.78, 5) is 0. The molecule has 0 unspecified atom stereocenters. The lowest BCUT2D eigenvalue weighted by atomic mass is 10.1. The van der Waals surface area contributed by atoms with Gasteiger partial charge in [-0.05, 0) is 18.2 Å². The molecule has 3 nitrogen and oxygen atoms in total. The van der Waals surface area contributed by atoms with Gasteiger partial charge in [-0.2, -0.15) is 13.2 Å². The van der Waals surface area contributed by atoms with Crippen LogP contribution in [0.1, 0.15) is 11.7 Å². The minimum Gasteiger partial charge on any atom is -0.496 e. The molecule has 106 valence electrons. The molecular weight excluding hydrogens is 329 g/mol. The van der Waals surface area contributed by atoms with E-state index in [1.165, 1.54) is 19.2 Å². The van der Waals surface area contributed by atoms with Crippen LogP contribution >= 0.6 is 15.9 Å². The fraction of sp³-hybridized carbons (Fsp3) is 0.500. The topological polar surface area (TPSA) is 31.0 Å². The van der Waals surface area contributed by atoms with E-state index in [-0.39, 0.29) is 24.0 Å². The van der Waals surface area contributed by atoms with Crippen LogP contribution in [0.4, 0.5) is 13.2 Å². The maximum absolute atomic E-state index is 13.1. The van der Waals surface area contributed by atoms with Gasteiger partial charge in [0, 0.05) is 10.0 Å². The van der Waals surface area contributed by atoms with Gasteiger partial charge in [0.05, 0.1) is 20.3 Å². The predicted octanol–water partition coefficient (Wildman–Crippen LogP) is 3.48. The van der Waals surface area contributed by atoms with Crippen molar-refractivity contribution in [2.75, 3.05) is 20.3 Å². The normalized spacial score (nSPS) is 20.2. The molecule has 1 aromatic rings. The summed E-state index contributed by atoms with van der Waals surface area (Å²) in [6.45, 7) is 0.361.